The van der Waals surface area contributed by atoms with Crippen molar-refractivity contribution in [3.8, 4) is 0 Å². The normalized spacial score (nSPS) is 18.2. The predicted octanol–water partition coefficient (Wildman–Crippen LogP) is 6.94. The quantitative estimate of drug-likeness (QED) is 0.251. The number of halogens is 1. The summed E-state index contributed by atoms with van der Waals surface area (Å²) in [5, 5.41) is 14.0. The number of carbonyl (C=O) groups is 2. The summed E-state index contributed by atoms with van der Waals surface area (Å²) in [7, 11) is 0. The van der Waals surface area contributed by atoms with Crippen molar-refractivity contribution in [3.63, 3.8) is 0 Å². The van der Waals surface area contributed by atoms with E-state index in [1.807, 2.05) is 43.5 Å². The largest absolute Gasteiger partial charge is 0.507 e. The van der Waals surface area contributed by atoms with Gasteiger partial charge in [-0.3, -0.25) is 14.5 Å². The molecule has 2 aromatic carbocycles. The first-order chi connectivity index (χ1) is 15.5. The molecule has 170 valence electrons. The number of hydrogen-bond acceptors (Lipinski definition) is 4. The van der Waals surface area contributed by atoms with Gasteiger partial charge in [-0.25, -0.2) is 0 Å². The minimum absolute atomic E-state index is 0.106. The van der Waals surface area contributed by atoms with E-state index in [4.69, 9.17) is 11.6 Å². The Kier molecular flexibility index (Phi) is 5.97. The van der Waals surface area contributed by atoms with Crippen molar-refractivity contribution in [3.05, 3.63) is 91.6 Å². The number of thiophene rings is 1. The lowest BCUT2D eigenvalue weighted by Crippen LogP contribution is -2.29. The van der Waals surface area contributed by atoms with E-state index in [-0.39, 0.29) is 16.7 Å². The molecule has 6 heteroatoms. The van der Waals surface area contributed by atoms with E-state index >= 15 is 0 Å². The predicted molar refractivity (Wildman–Crippen MR) is 135 cm³/mol. The Morgan fingerprint density at radius 3 is 2.24 bits per heavy atom. The molecule has 0 saturated carbocycles. The second kappa shape index (κ2) is 8.47. The van der Waals surface area contributed by atoms with Crippen molar-refractivity contribution in [1.29, 1.82) is 0 Å². The van der Waals surface area contributed by atoms with Gasteiger partial charge >= 0.3 is 0 Å². The smallest absolute Gasteiger partial charge is 0.300 e. The van der Waals surface area contributed by atoms with E-state index < -0.39 is 17.7 Å². The van der Waals surface area contributed by atoms with Crippen molar-refractivity contribution < 1.29 is 14.7 Å². The number of hydrogen-bond donors (Lipinski definition) is 1. The lowest BCUT2D eigenvalue weighted by atomic mass is 9.84. The first-order valence-corrected chi connectivity index (χ1v) is 12.0. The number of amides is 1. The lowest BCUT2D eigenvalue weighted by Gasteiger charge is -2.25. The summed E-state index contributed by atoms with van der Waals surface area (Å²) in [6.07, 6.45) is 0. The molecule has 1 aromatic heterocycles. The van der Waals surface area contributed by atoms with Gasteiger partial charge in [0.2, 0.25) is 0 Å². The molecular weight excluding hydrogens is 454 g/mol. The zero-order valence-electron chi connectivity index (χ0n) is 19.3. The molecule has 1 fully saturated rings. The first-order valence-electron chi connectivity index (χ1n) is 10.7. The Morgan fingerprint density at radius 1 is 1.00 bits per heavy atom. The number of aryl methyl sites for hydroxylation is 2. The molecule has 1 N–H and O–H groups in total. The van der Waals surface area contributed by atoms with Crippen LogP contribution in [0.5, 0.6) is 0 Å². The monoisotopic (exact) mass is 479 g/mol. The highest BCUT2D eigenvalue weighted by atomic mass is 35.5. The Balaban J connectivity index is 1.97. The van der Waals surface area contributed by atoms with Gasteiger partial charge in [0.1, 0.15) is 11.8 Å². The maximum absolute atomic E-state index is 13.4. The van der Waals surface area contributed by atoms with Gasteiger partial charge < -0.3 is 5.11 Å². The summed E-state index contributed by atoms with van der Waals surface area (Å²) in [6.45, 7) is 10.1. The van der Waals surface area contributed by atoms with E-state index in [1.54, 1.807) is 24.3 Å². The van der Waals surface area contributed by atoms with Crippen LogP contribution in [0.1, 0.15) is 53.9 Å². The minimum atomic E-state index is -0.719. The topological polar surface area (TPSA) is 57.6 Å². The molecular formula is C27H26ClNO3S. The van der Waals surface area contributed by atoms with Crippen molar-refractivity contribution in [1.82, 2.24) is 0 Å². The van der Waals surface area contributed by atoms with Crippen LogP contribution in [-0.2, 0) is 15.0 Å². The average Bonchev–Trinajstić information content (AvgIpc) is 3.28. The van der Waals surface area contributed by atoms with Crippen molar-refractivity contribution >= 4 is 46.1 Å². The summed E-state index contributed by atoms with van der Waals surface area (Å²) in [4.78, 5) is 28.9. The van der Waals surface area contributed by atoms with Gasteiger partial charge in [0.15, 0.2) is 0 Å². The molecule has 1 amide bonds. The molecule has 0 bridgehead atoms. The number of benzene rings is 2. The lowest BCUT2D eigenvalue weighted by molar-refractivity contribution is -0.132. The van der Waals surface area contributed by atoms with E-state index in [2.05, 4.69) is 20.8 Å². The van der Waals surface area contributed by atoms with Crippen molar-refractivity contribution in [2.45, 2.75) is 46.1 Å². The van der Waals surface area contributed by atoms with Crippen LogP contribution in [0.2, 0.25) is 5.02 Å². The minimum Gasteiger partial charge on any atom is -0.507 e. The highest BCUT2D eigenvalue weighted by Crippen LogP contribution is 2.45. The molecule has 4 nitrogen and oxygen atoms in total. The molecule has 1 aliphatic rings. The molecule has 0 spiro atoms. The van der Waals surface area contributed by atoms with Gasteiger partial charge in [0, 0.05) is 21.2 Å². The van der Waals surface area contributed by atoms with Gasteiger partial charge in [-0.1, -0.05) is 44.5 Å². The number of ketones is 1. The highest BCUT2D eigenvalue weighted by molar-refractivity contribution is 7.10. The Morgan fingerprint density at radius 2 is 1.67 bits per heavy atom. The van der Waals surface area contributed by atoms with Gasteiger partial charge in [-0.15, -0.1) is 11.3 Å². The molecule has 3 aromatic rings. The van der Waals surface area contributed by atoms with Crippen LogP contribution in [0, 0.1) is 13.8 Å². The van der Waals surface area contributed by atoms with Crippen molar-refractivity contribution in [2.24, 2.45) is 0 Å². The molecule has 1 unspecified atom stereocenters. The summed E-state index contributed by atoms with van der Waals surface area (Å²) < 4.78 is 0. The fraction of sp³-hybridized carbons (Fsp3) is 0.259. The van der Waals surface area contributed by atoms with Gasteiger partial charge in [0.05, 0.1) is 5.57 Å². The van der Waals surface area contributed by atoms with E-state index in [0.717, 1.165) is 21.6 Å². The van der Waals surface area contributed by atoms with Crippen LogP contribution >= 0.6 is 22.9 Å². The van der Waals surface area contributed by atoms with Gasteiger partial charge in [-0.2, -0.15) is 0 Å². The van der Waals surface area contributed by atoms with Crippen LogP contribution in [0.4, 0.5) is 5.69 Å². The molecule has 4 rings (SSSR count). The molecule has 33 heavy (non-hydrogen) atoms. The average molecular weight is 480 g/mol. The van der Waals surface area contributed by atoms with Crippen LogP contribution in [0.3, 0.4) is 0 Å². The third kappa shape index (κ3) is 4.11. The number of nitrogens with zero attached hydrogens (tertiary/aromatic N) is 1. The maximum Gasteiger partial charge on any atom is 0.300 e. The molecule has 1 atom stereocenters. The standard InChI is InChI=1S/C27H26ClNO3S/c1-15-6-7-17(27(3,4)5)14-20(15)23(30)21-22(25-16(2)12-13-33-25)29(26(32)24(21)31)19-10-8-18(28)9-11-19/h6-14,22,30H,1-5H3/b23-21+. The van der Waals surface area contributed by atoms with Crippen molar-refractivity contribution in [2.75, 3.05) is 4.90 Å². The fourth-order valence-electron chi connectivity index (χ4n) is 4.10. The number of carbonyl (C=O) groups excluding carboxylic acids is 2. The second-order valence-corrected chi connectivity index (χ2v) is 10.8. The molecule has 2 heterocycles. The fourth-order valence-corrected chi connectivity index (χ4v) is 5.25. The summed E-state index contributed by atoms with van der Waals surface area (Å²) in [5.74, 6) is -1.51. The summed E-state index contributed by atoms with van der Waals surface area (Å²) in [5.41, 5.74) is 3.91. The third-order valence-corrected chi connectivity index (χ3v) is 7.38. The van der Waals surface area contributed by atoms with Crippen LogP contribution < -0.4 is 4.90 Å². The highest BCUT2D eigenvalue weighted by Gasteiger charge is 2.48. The molecule has 0 aliphatic carbocycles. The molecule has 1 saturated heterocycles. The Labute approximate surface area is 203 Å². The van der Waals surface area contributed by atoms with E-state index in [9.17, 15) is 14.7 Å². The zero-order chi connectivity index (χ0) is 24.1. The first kappa shape index (κ1) is 23.3. The van der Waals surface area contributed by atoms with E-state index in [0.29, 0.717) is 16.3 Å². The number of rotatable bonds is 3. The van der Waals surface area contributed by atoms with Crippen LogP contribution in [0.15, 0.2) is 59.5 Å². The van der Waals surface area contributed by atoms with Crippen LogP contribution in [-0.4, -0.2) is 16.8 Å². The van der Waals surface area contributed by atoms with Crippen LogP contribution in [0.25, 0.3) is 5.76 Å². The SMILES string of the molecule is Cc1ccc(C(C)(C)C)cc1/C(O)=C1\C(=O)C(=O)N(c2ccc(Cl)cc2)C1c1sccc1C. The zero-order valence-corrected chi connectivity index (χ0v) is 20.8. The second-order valence-electron chi connectivity index (χ2n) is 9.39. The number of aliphatic hydroxyl groups excluding tert-OH is 1. The Bertz CT molecular complexity index is 1280. The number of aliphatic hydroxyl groups is 1. The summed E-state index contributed by atoms with van der Waals surface area (Å²) in [6, 6.07) is 13.9. The summed E-state index contributed by atoms with van der Waals surface area (Å²) >= 11 is 7.52. The van der Waals surface area contributed by atoms with E-state index in [1.165, 1.54) is 16.2 Å². The molecule has 0 radical (unpaired) electrons. The number of Topliss-reactive ketones (excluding diaryl/α,β-unsaturated/α-hetero) is 1. The molecule has 1 aliphatic heterocycles. The number of anilines is 1. The van der Waals surface area contributed by atoms with Gasteiger partial charge in [-0.05, 0) is 77.7 Å². The Hall–Kier alpha value is -2.89. The third-order valence-electron chi connectivity index (χ3n) is 6.06. The van der Waals surface area contributed by atoms with Gasteiger partial charge in [0.25, 0.3) is 11.7 Å². The maximum atomic E-state index is 13.4.